The van der Waals surface area contributed by atoms with E-state index in [2.05, 4.69) is 15.2 Å². The summed E-state index contributed by atoms with van der Waals surface area (Å²) in [6, 6.07) is 8.64. The Kier molecular flexibility index (Phi) is 3.19. The van der Waals surface area contributed by atoms with Crippen LogP contribution < -0.4 is 5.32 Å². The smallest absolute Gasteiger partial charge is 0.251 e. The molecule has 1 aromatic carbocycles. The Morgan fingerprint density at radius 3 is 3.05 bits per heavy atom. The van der Waals surface area contributed by atoms with Gasteiger partial charge in [0.25, 0.3) is 5.91 Å². The van der Waals surface area contributed by atoms with Crippen LogP contribution in [0.4, 0.5) is 0 Å². The van der Waals surface area contributed by atoms with Crippen molar-refractivity contribution < 1.29 is 4.79 Å². The molecule has 4 heteroatoms. The number of fused-ring (bicyclic) bond motifs is 1. The molecule has 21 heavy (non-hydrogen) atoms. The van der Waals surface area contributed by atoms with Gasteiger partial charge < -0.3 is 15.2 Å². The molecule has 1 amide bonds. The second-order valence-corrected chi connectivity index (χ2v) is 6.34. The zero-order valence-electron chi connectivity index (χ0n) is 12.1. The van der Waals surface area contributed by atoms with Crippen LogP contribution in [0.2, 0.25) is 0 Å². The monoisotopic (exact) mass is 283 g/mol. The van der Waals surface area contributed by atoms with Crippen LogP contribution in [-0.4, -0.2) is 41.5 Å². The van der Waals surface area contributed by atoms with Gasteiger partial charge in [-0.05, 0) is 49.9 Å². The fourth-order valence-corrected chi connectivity index (χ4v) is 3.42. The molecule has 0 spiro atoms. The van der Waals surface area contributed by atoms with E-state index in [1.165, 1.54) is 25.8 Å². The first-order valence-electron chi connectivity index (χ1n) is 7.89. The third-order valence-electron chi connectivity index (χ3n) is 4.77. The van der Waals surface area contributed by atoms with Gasteiger partial charge in [0.15, 0.2) is 0 Å². The van der Waals surface area contributed by atoms with Crippen molar-refractivity contribution in [3.63, 3.8) is 0 Å². The average Bonchev–Trinajstić information content (AvgIpc) is 3.06. The molecule has 2 aliphatic rings. The van der Waals surface area contributed by atoms with E-state index in [0.29, 0.717) is 5.92 Å². The quantitative estimate of drug-likeness (QED) is 0.905. The highest BCUT2D eigenvalue weighted by molar-refractivity contribution is 6.06. The minimum Gasteiger partial charge on any atom is -0.361 e. The van der Waals surface area contributed by atoms with Gasteiger partial charge in [-0.25, -0.2) is 0 Å². The lowest BCUT2D eigenvalue weighted by molar-refractivity contribution is 0.0949. The van der Waals surface area contributed by atoms with Crippen LogP contribution in [0.25, 0.3) is 10.9 Å². The lowest BCUT2D eigenvalue weighted by Crippen LogP contribution is -2.31. The number of hydrogen-bond donors (Lipinski definition) is 2. The van der Waals surface area contributed by atoms with Crippen molar-refractivity contribution in [2.75, 3.05) is 19.6 Å². The fraction of sp³-hybridized carbons (Fsp3) is 0.471. The van der Waals surface area contributed by atoms with Gasteiger partial charge in [-0.1, -0.05) is 6.07 Å². The Morgan fingerprint density at radius 2 is 2.19 bits per heavy atom. The summed E-state index contributed by atoms with van der Waals surface area (Å²) < 4.78 is 0. The van der Waals surface area contributed by atoms with Gasteiger partial charge in [-0.3, -0.25) is 4.79 Å². The highest BCUT2D eigenvalue weighted by Gasteiger charge is 2.34. The predicted molar refractivity (Wildman–Crippen MR) is 83.3 cm³/mol. The Hall–Kier alpha value is -1.81. The SMILES string of the molecule is O=C(NCC1CCN(C2CC2)C1)c1cccc2[nH]ccc12. The number of H-pyrrole nitrogens is 1. The molecule has 0 radical (unpaired) electrons. The van der Waals surface area contributed by atoms with Crippen molar-refractivity contribution in [1.29, 1.82) is 0 Å². The summed E-state index contributed by atoms with van der Waals surface area (Å²) in [6.45, 7) is 3.15. The first-order valence-corrected chi connectivity index (χ1v) is 7.89. The molecule has 110 valence electrons. The first kappa shape index (κ1) is 12.9. The number of likely N-dealkylation sites (tertiary alicyclic amines) is 1. The van der Waals surface area contributed by atoms with Crippen LogP contribution in [0.15, 0.2) is 30.5 Å². The minimum atomic E-state index is 0.0464. The topological polar surface area (TPSA) is 48.1 Å². The Bertz CT molecular complexity index is 659. The summed E-state index contributed by atoms with van der Waals surface area (Å²) >= 11 is 0. The lowest BCUT2D eigenvalue weighted by atomic mass is 10.1. The van der Waals surface area contributed by atoms with E-state index < -0.39 is 0 Å². The zero-order valence-corrected chi connectivity index (χ0v) is 12.1. The van der Waals surface area contributed by atoms with E-state index >= 15 is 0 Å². The Morgan fingerprint density at radius 1 is 1.29 bits per heavy atom. The van der Waals surface area contributed by atoms with E-state index in [0.717, 1.165) is 35.6 Å². The Labute approximate surface area is 124 Å². The molecule has 1 saturated heterocycles. The maximum Gasteiger partial charge on any atom is 0.251 e. The zero-order chi connectivity index (χ0) is 14.2. The van der Waals surface area contributed by atoms with Crippen LogP contribution in [0, 0.1) is 5.92 Å². The Balaban J connectivity index is 1.38. The molecule has 2 aromatic rings. The van der Waals surface area contributed by atoms with E-state index in [9.17, 15) is 4.79 Å². The number of rotatable bonds is 4. The summed E-state index contributed by atoms with van der Waals surface area (Å²) in [4.78, 5) is 18.1. The largest absolute Gasteiger partial charge is 0.361 e. The maximum absolute atomic E-state index is 12.4. The van der Waals surface area contributed by atoms with Gasteiger partial charge in [0.2, 0.25) is 0 Å². The van der Waals surface area contributed by atoms with Gasteiger partial charge in [0.1, 0.15) is 0 Å². The predicted octanol–water partition coefficient (Wildman–Crippen LogP) is 2.38. The summed E-state index contributed by atoms with van der Waals surface area (Å²) in [5.74, 6) is 0.657. The van der Waals surface area contributed by atoms with E-state index in [1.807, 2.05) is 30.5 Å². The maximum atomic E-state index is 12.4. The van der Waals surface area contributed by atoms with E-state index in [1.54, 1.807) is 0 Å². The van der Waals surface area contributed by atoms with Crippen LogP contribution in [0.1, 0.15) is 29.6 Å². The summed E-state index contributed by atoms with van der Waals surface area (Å²) in [7, 11) is 0. The van der Waals surface area contributed by atoms with Crippen LogP contribution in [-0.2, 0) is 0 Å². The van der Waals surface area contributed by atoms with Crippen molar-refractivity contribution in [2.24, 2.45) is 5.92 Å². The van der Waals surface area contributed by atoms with Gasteiger partial charge in [-0.15, -0.1) is 0 Å². The molecule has 1 atom stereocenters. The third-order valence-corrected chi connectivity index (χ3v) is 4.77. The summed E-state index contributed by atoms with van der Waals surface area (Å²) in [6.07, 6.45) is 5.83. The highest BCUT2D eigenvalue weighted by atomic mass is 16.1. The van der Waals surface area contributed by atoms with E-state index in [4.69, 9.17) is 0 Å². The second kappa shape index (κ2) is 5.19. The fourth-order valence-electron chi connectivity index (χ4n) is 3.42. The van der Waals surface area contributed by atoms with Gasteiger partial charge in [0, 0.05) is 41.8 Å². The summed E-state index contributed by atoms with van der Waals surface area (Å²) in [5.41, 5.74) is 1.79. The molecule has 2 fully saturated rings. The molecule has 1 aromatic heterocycles. The number of carbonyl (C=O) groups is 1. The number of aromatic nitrogens is 1. The first-order chi connectivity index (χ1) is 10.3. The molecular formula is C17H21N3O. The van der Waals surface area contributed by atoms with Gasteiger partial charge in [0.05, 0.1) is 0 Å². The minimum absolute atomic E-state index is 0.0464. The third kappa shape index (κ3) is 2.56. The number of aromatic amines is 1. The number of nitrogens with zero attached hydrogens (tertiary/aromatic N) is 1. The standard InChI is InChI=1S/C17H21N3O/c21-17(15-2-1-3-16-14(15)6-8-18-16)19-10-12-7-9-20(11-12)13-4-5-13/h1-3,6,8,12-13,18H,4-5,7,9-11H2,(H,19,21). The highest BCUT2D eigenvalue weighted by Crippen LogP contribution is 2.31. The van der Waals surface area contributed by atoms with Crippen molar-refractivity contribution in [1.82, 2.24) is 15.2 Å². The lowest BCUT2D eigenvalue weighted by Gasteiger charge is -2.15. The molecule has 1 saturated carbocycles. The number of carbonyl (C=O) groups excluding carboxylic acids is 1. The average molecular weight is 283 g/mol. The molecule has 1 aliphatic heterocycles. The molecule has 1 aliphatic carbocycles. The van der Waals surface area contributed by atoms with Crippen molar-refractivity contribution in [2.45, 2.75) is 25.3 Å². The molecule has 4 rings (SSSR count). The number of hydrogen-bond acceptors (Lipinski definition) is 2. The molecule has 2 heterocycles. The van der Waals surface area contributed by atoms with Crippen LogP contribution >= 0.6 is 0 Å². The van der Waals surface area contributed by atoms with Gasteiger partial charge in [-0.2, -0.15) is 0 Å². The van der Waals surface area contributed by atoms with Crippen LogP contribution in [0.5, 0.6) is 0 Å². The van der Waals surface area contributed by atoms with Crippen molar-refractivity contribution in [3.8, 4) is 0 Å². The molecule has 4 nitrogen and oxygen atoms in total. The van der Waals surface area contributed by atoms with E-state index in [-0.39, 0.29) is 5.91 Å². The van der Waals surface area contributed by atoms with Crippen molar-refractivity contribution >= 4 is 16.8 Å². The van der Waals surface area contributed by atoms with Crippen LogP contribution in [0.3, 0.4) is 0 Å². The number of amides is 1. The summed E-state index contributed by atoms with van der Waals surface area (Å²) in [5, 5.41) is 4.12. The van der Waals surface area contributed by atoms with Crippen molar-refractivity contribution in [3.05, 3.63) is 36.0 Å². The molecule has 1 unspecified atom stereocenters. The number of benzene rings is 1. The second-order valence-electron chi connectivity index (χ2n) is 6.34. The normalized spacial score (nSPS) is 22.8. The molecule has 0 bridgehead atoms. The molecule has 2 N–H and O–H groups in total. The van der Waals surface area contributed by atoms with Gasteiger partial charge >= 0.3 is 0 Å². The number of nitrogens with one attached hydrogen (secondary N) is 2. The molecular weight excluding hydrogens is 262 g/mol.